The molecule has 5 nitrogen and oxygen atoms in total. The van der Waals surface area contributed by atoms with E-state index in [9.17, 15) is 4.79 Å². The van der Waals surface area contributed by atoms with Gasteiger partial charge >= 0.3 is 0 Å². The molecule has 0 atom stereocenters. The van der Waals surface area contributed by atoms with E-state index < -0.39 is 0 Å². The predicted molar refractivity (Wildman–Crippen MR) is 73.2 cm³/mol. The van der Waals surface area contributed by atoms with E-state index in [-0.39, 0.29) is 5.91 Å². The van der Waals surface area contributed by atoms with Gasteiger partial charge in [-0.15, -0.1) is 11.3 Å². The van der Waals surface area contributed by atoms with Crippen molar-refractivity contribution in [2.45, 2.75) is 6.54 Å². The maximum Gasteiger partial charge on any atom is 0.273 e. The van der Waals surface area contributed by atoms with Crippen LogP contribution in [0.5, 0.6) is 5.75 Å². The number of amides is 1. The van der Waals surface area contributed by atoms with Crippen LogP contribution in [0.3, 0.4) is 0 Å². The molecule has 0 bridgehead atoms. The number of benzene rings is 1. The molecule has 2 aromatic rings. The van der Waals surface area contributed by atoms with Gasteiger partial charge in [0.1, 0.15) is 18.1 Å². The number of rotatable bonds is 1. The number of ether oxygens (including phenoxy) is 1. The SMILES string of the molecule is Nc1nc(C(=O)N2CCOc3ccccc3C2)cs1. The summed E-state index contributed by atoms with van der Waals surface area (Å²) in [6, 6.07) is 7.76. The zero-order valence-corrected chi connectivity index (χ0v) is 11.0. The van der Waals surface area contributed by atoms with Crippen molar-refractivity contribution in [1.82, 2.24) is 9.88 Å². The maximum absolute atomic E-state index is 12.3. The molecule has 2 heterocycles. The molecule has 1 aromatic heterocycles. The maximum atomic E-state index is 12.3. The minimum absolute atomic E-state index is 0.103. The summed E-state index contributed by atoms with van der Waals surface area (Å²) in [4.78, 5) is 18.1. The Hall–Kier alpha value is -2.08. The Kier molecular flexibility index (Phi) is 3.08. The van der Waals surface area contributed by atoms with E-state index in [0.29, 0.717) is 30.5 Å². The molecule has 0 spiro atoms. The standard InChI is InChI=1S/C13H13N3O2S/c14-13-15-10(8-19-13)12(17)16-5-6-18-11-4-2-1-3-9(11)7-16/h1-4,8H,5-7H2,(H2,14,15). The minimum Gasteiger partial charge on any atom is -0.491 e. The summed E-state index contributed by atoms with van der Waals surface area (Å²) in [5, 5.41) is 2.10. The number of anilines is 1. The number of hydrogen-bond donors (Lipinski definition) is 1. The third kappa shape index (κ3) is 2.39. The number of carbonyl (C=O) groups is 1. The quantitative estimate of drug-likeness (QED) is 0.861. The Bertz CT molecular complexity index is 611. The lowest BCUT2D eigenvalue weighted by atomic mass is 10.2. The van der Waals surface area contributed by atoms with Gasteiger partial charge in [-0.25, -0.2) is 4.98 Å². The van der Waals surface area contributed by atoms with Crippen LogP contribution in [0.2, 0.25) is 0 Å². The van der Waals surface area contributed by atoms with Crippen molar-refractivity contribution >= 4 is 22.4 Å². The Balaban J connectivity index is 1.84. The number of para-hydroxylation sites is 1. The molecule has 1 aromatic carbocycles. The van der Waals surface area contributed by atoms with E-state index in [1.807, 2.05) is 24.3 Å². The highest BCUT2D eigenvalue weighted by atomic mass is 32.1. The van der Waals surface area contributed by atoms with Gasteiger partial charge in [0, 0.05) is 17.5 Å². The number of hydrogen-bond acceptors (Lipinski definition) is 5. The topological polar surface area (TPSA) is 68.5 Å². The number of aromatic nitrogens is 1. The highest BCUT2D eigenvalue weighted by molar-refractivity contribution is 7.13. The highest BCUT2D eigenvalue weighted by Gasteiger charge is 2.22. The Morgan fingerprint density at radius 3 is 3.05 bits per heavy atom. The van der Waals surface area contributed by atoms with Gasteiger partial charge in [0.15, 0.2) is 5.13 Å². The zero-order valence-electron chi connectivity index (χ0n) is 10.2. The van der Waals surface area contributed by atoms with Gasteiger partial charge < -0.3 is 15.4 Å². The normalized spacial score (nSPS) is 14.4. The van der Waals surface area contributed by atoms with Crippen molar-refractivity contribution in [3.63, 3.8) is 0 Å². The number of carbonyl (C=O) groups excluding carboxylic acids is 1. The van der Waals surface area contributed by atoms with E-state index in [2.05, 4.69) is 4.98 Å². The van der Waals surface area contributed by atoms with E-state index in [1.165, 1.54) is 11.3 Å². The molecule has 98 valence electrons. The van der Waals surface area contributed by atoms with Gasteiger partial charge in [-0.1, -0.05) is 18.2 Å². The lowest BCUT2D eigenvalue weighted by Crippen LogP contribution is -2.32. The molecular weight excluding hydrogens is 262 g/mol. The number of nitrogens with zero attached hydrogens (tertiary/aromatic N) is 2. The molecule has 1 aliphatic heterocycles. The summed E-state index contributed by atoms with van der Waals surface area (Å²) in [5.41, 5.74) is 6.98. The number of nitrogen functional groups attached to an aromatic ring is 1. The summed E-state index contributed by atoms with van der Waals surface area (Å²) in [6.07, 6.45) is 0. The average Bonchev–Trinajstić information content (AvgIpc) is 2.74. The lowest BCUT2D eigenvalue weighted by molar-refractivity contribution is 0.0728. The van der Waals surface area contributed by atoms with Crippen LogP contribution in [0, 0.1) is 0 Å². The van der Waals surface area contributed by atoms with Crippen LogP contribution >= 0.6 is 11.3 Å². The molecule has 0 saturated carbocycles. The first kappa shape index (κ1) is 12.0. The summed E-state index contributed by atoms with van der Waals surface area (Å²) < 4.78 is 5.63. The summed E-state index contributed by atoms with van der Waals surface area (Å²) in [7, 11) is 0. The second kappa shape index (κ2) is 4.89. The lowest BCUT2D eigenvalue weighted by Gasteiger charge is -2.18. The fourth-order valence-electron chi connectivity index (χ4n) is 2.05. The molecule has 3 rings (SSSR count). The summed E-state index contributed by atoms with van der Waals surface area (Å²) in [6.45, 7) is 1.57. The van der Waals surface area contributed by atoms with Gasteiger partial charge in [0.25, 0.3) is 5.91 Å². The summed E-state index contributed by atoms with van der Waals surface area (Å²) >= 11 is 1.28. The van der Waals surface area contributed by atoms with Gasteiger partial charge in [0.2, 0.25) is 0 Å². The van der Waals surface area contributed by atoms with Gasteiger partial charge in [-0.2, -0.15) is 0 Å². The van der Waals surface area contributed by atoms with Crippen molar-refractivity contribution in [3.8, 4) is 5.75 Å². The smallest absolute Gasteiger partial charge is 0.273 e. The molecule has 2 N–H and O–H groups in total. The molecule has 1 amide bonds. The van der Waals surface area contributed by atoms with Crippen molar-refractivity contribution in [2.75, 3.05) is 18.9 Å². The molecule has 1 aliphatic rings. The molecule has 0 fully saturated rings. The monoisotopic (exact) mass is 275 g/mol. The molecule has 0 aliphatic carbocycles. The first-order valence-electron chi connectivity index (χ1n) is 5.95. The fourth-order valence-corrected chi connectivity index (χ4v) is 2.58. The highest BCUT2D eigenvalue weighted by Crippen LogP contribution is 2.23. The predicted octanol–water partition coefficient (Wildman–Crippen LogP) is 1.76. The van der Waals surface area contributed by atoms with Crippen LogP contribution in [-0.4, -0.2) is 28.9 Å². The van der Waals surface area contributed by atoms with Crippen LogP contribution in [0.4, 0.5) is 5.13 Å². The molecule has 19 heavy (non-hydrogen) atoms. The van der Waals surface area contributed by atoms with Crippen molar-refractivity contribution in [2.24, 2.45) is 0 Å². The number of thiazole rings is 1. The zero-order chi connectivity index (χ0) is 13.2. The van der Waals surface area contributed by atoms with Crippen LogP contribution < -0.4 is 10.5 Å². The van der Waals surface area contributed by atoms with E-state index >= 15 is 0 Å². The third-order valence-corrected chi connectivity index (χ3v) is 3.65. The third-order valence-electron chi connectivity index (χ3n) is 2.98. The molecule has 0 unspecified atom stereocenters. The summed E-state index contributed by atoms with van der Waals surface area (Å²) in [5.74, 6) is 0.740. The van der Waals surface area contributed by atoms with Crippen LogP contribution in [0.1, 0.15) is 16.1 Å². The Morgan fingerprint density at radius 2 is 2.26 bits per heavy atom. The minimum atomic E-state index is -0.103. The van der Waals surface area contributed by atoms with E-state index in [4.69, 9.17) is 10.5 Å². The molecule has 6 heteroatoms. The Labute approximate surface area is 114 Å². The van der Waals surface area contributed by atoms with Gasteiger partial charge in [0.05, 0.1) is 6.54 Å². The molecule has 0 radical (unpaired) electrons. The average molecular weight is 275 g/mol. The van der Waals surface area contributed by atoms with Crippen molar-refractivity contribution in [3.05, 3.63) is 40.9 Å². The largest absolute Gasteiger partial charge is 0.491 e. The van der Waals surface area contributed by atoms with Crippen LogP contribution in [-0.2, 0) is 6.54 Å². The van der Waals surface area contributed by atoms with Gasteiger partial charge in [-0.3, -0.25) is 4.79 Å². The second-order valence-electron chi connectivity index (χ2n) is 4.25. The second-order valence-corrected chi connectivity index (χ2v) is 5.14. The first-order valence-corrected chi connectivity index (χ1v) is 6.83. The van der Waals surface area contributed by atoms with Crippen molar-refractivity contribution in [1.29, 1.82) is 0 Å². The van der Waals surface area contributed by atoms with Crippen molar-refractivity contribution < 1.29 is 9.53 Å². The van der Waals surface area contributed by atoms with E-state index in [0.717, 1.165) is 11.3 Å². The van der Waals surface area contributed by atoms with Crippen LogP contribution in [0.15, 0.2) is 29.6 Å². The first-order chi connectivity index (χ1) is 9.24. The Morgan fingerprint density at radius 1 is 1.42 bits per heavy atom. The number of nitrogens with two attached hydrogens (primary N) is 1. The molecular formula is C13H13N3O2S. The fraction of sp³-hybridized carbons (Fsp3) is 0.231. The number of fused-ring (bicyclic) bond motifs is 1. The molecule has 0 saturated heterocycles. The van der Waals surface area contributed by atoms with Gasteiger partial charge in [-0.05, 0) is 6.07 Å². The van der Waals surface area contributed by atoms with E-state index in [1.54, 1.807) is 10.3 Å². The van der Waals surface area contributed by atoms with Crippen LogP contribution in [0.25, 0.3) is 0 Å².